The van der Waals surface area contributed by atoms with E-state index < -0.39 is 0 Å². The van der Waals surface area contributed by atoms with Crippen LogP contribution in [0.4, 0.5) is 11.5 Å². The van der Waals surface area contributed by atoms with Gasteiger partial charge >= 0.3 is 5.97 Å². The van der Waals surface area contributed by atoms with E-state index in [4.69, 9.17) is 10.5 Å². The van der Waals surface area contributed by atoms with Gasteiger partial charge in [0.15, 0.2) is 0 Å². The van der Waals surface area contributed by atoms with Crippen LogP contribution in [0.25, 0.3) is 0 Å². The SMILES string of the molecule is CCOC(=O)c1cc(N)cnc1N(CC)C(C)C. The van der Waals surface area contributed by atoms with Crippen LogP contribution >= 0.6 is 0 Å². The Hall–Kier alpha value is -1.78. The first-order valence-corrected chi connectivity index (χ1v) is 6.20. The molecule has 0 aliphatic heterocycles. The zero-order valence-electron chi connectivity index (χ0n) is 11.4. The Balaban J connectivity index is 3.21. The molecule has 0 aromatic carbocycles. The summed E-state index contributed by atoms with van der Waals surface area (Å²) >= 11 is 0. The summed E-state index contributed by atoms with van der Waals surface area (Å²) in [6.45, 7) is 9.00. The van der Waals surface area contributed by atoms with Gasteiger partial charge in [-0.1, -0.05) is 0 Å². The minimum absolute atomic E-state index is 0.249. The standard InChI is InChI=1S/C13H21N3O2/c1-5-16(9(3)4)12-11(13(17)18-6-2)7-10(14)8-15-12/h7-9H,5-6,14H2,1-4H3. The van der Waals surface area contributed by atoms with Crippen LogP contribution in [0.15, 0.2) is 12.3 Å². The summed E-state index contributed by atoms with van der Waals surface area (Å²) in [5.74, 6) is 0.242. The fourth-order valence-corrected chi connectivity index (χ4v) is 1.82. The van der Waals surface area contributed by atoms with Crippen molar-refractivity contribution < 1.29 is 9.53 Å². The van der Waals surface area contributed by atoms with E-state index in [1.165, 1.54) is 0 Å². The van der Waals surface area contributed by atoms with Gasteiger partial charge in [0.1, 0.15) is 11.4 Å². The molecule has 5 heteroatoms. The van der Waals surface area contributed by atoms with Gasteiger partial charge in [-0.25, -0.2) is 9.78 Å². The van der Waals surface area contributed by atoms with Crippen molar-refractivity contribution >= 4 is 17.5 Å². The molecule has 0 atom stereocenters. The number of carbonyl (C=O) groups excluding carboxylic acids is 1. The van der Waals surface area contributed by atoms with Crippen molar-refractivity contribution in [3.63, 3.8) is 0 Å². The van der Waals surface area contributed by atoms with Crippen molar-refractivity contribution in [2.45, 2.75) is 33.7 Å². The number of ether oxygens (including phenoxy) is 1. The number of esters is 1. The zero-order chi connectivity index (χ0) is 13.7. The van der Waals surface area contributed by atoms with Crippen LogP contribution in [0.5, 0.6) is 0 Å². The molecule has 0 aliphatic rings. The van der Waals surface area contributed by atoms with Crippen LogP contribution in [0.3, 0.4) is 0 Å². The predicted octanol–water partition coefficient (Wildman–Crippen LogP) is 2.08. The molecule has 1 rings (SSSR count). The van der Waals surface area contributed by atoms with Gasteiger partial charge in [-0.2, -0.15) is 0 Å². The van der Waals surface area contributed by atoms with Gasteiger partial charge in [-0.3, -0.25) is 0 Å². The van der Waals surface area contributed by atoms with E-state index in [9.17, 15) is 4.79 Å². The topological polar surface area (TPSA) is 68.5 Å². The first kappa shape index (κ1) is 14.3. The maximum Gasteiger partial charge on any atom is 0.341 e. The lowest BCUT2D eigenvalue weighted by molar-refractivity contribution is 0.0526. The van der Waals surface area contributed by atoms with Crippen molar-refractivity contribution in [2.75, 3.05) is 23.8 Å². The average Bonchev–Trinajstić information content (AvgIpc) is 2.31. The van der Waals surface area contributed by atoms with Gasteiger partial charge < -0.3 is 15.4 Å². The summed E-state index contributed by atoms with van der Waals surface area (Å²) in [6, 6.07) is 1.87. The number of carbonyl (C=O) groups is 1. The molecule has 5 nitrogen and oxygen atoms in total. The highest BCUT2D eigenvalue weighted by Gasteiger charge is 2.20. The lowest BCUT2D eigenvalue weighted by Crippen LogP contribution is -2.32. The fraction of sp³-hybridized carbons (Fsp3) is 0.538. The summed E-state index contributed by atoms with van der Waals surface area (Å²) in [5.41, 5.74) is 6.57. The lowest BCUT2D eigenvalue weighted by atomic mass is 10.2. The molecular formula is C13H21N3O2. The quantitative estimate of drug-likeness (QED) is 0.811. The molecule has 0 spiro atoms. The monoisotopic (exact) mass is 251 g/mol. The molecule has 0 radical (unpaired) electrons. The zero-order valence-corrected chi connectivity index (χ0v) is 11.4. The molecule has 0 saturated carbocycles. The van der Waals surface area contributed by atoms with E-state index >= 15 is 0 Å². The number of nitrogens with two attached hydrogens (primary N) is 1. The molecule has 2 N–H and O–H groups in total. The van der Waals surface area contributed by atoms with E-state index in [0.29, 0.717) is 23.7 Å². The Labute approximate surface area is 108 Å². The van der Waals surface area contributed by atoms with E-state index in [-0.39, 0.29) is 12.0 Å². The van der Waals surface area contributed by atoms with Crippen molar-refractivity contribution in [1.29, 1.82) is 0 Å². The van der Waals surface area contributed by atoms with Crippen molar-refractivity contribution in [1.82, 2.24) is 4.98 Å². The average molecular weight is 251 g/mol. The molecule has 18 heavy (non-hydrogen) atoms. The van der Waals surface area contributed by atoms with Crippen LogP contribution in [0.2, 0.25) is 0 Å². The molecule has 0 amide bonds. The van der Waals surface area contributed by atoms with Crippen molar-refractivity contribution in [3.05, 3.63) is 17.8 Å². The molecule has 0 bridgehead atoms. The van der Waals surface area contributed by atoms with Gasteiger partial charge in [0.05, 0.1) is 18.5 Å². The third-order valence-electron chi connectivity index (χ3n) is 2.62. The molecule has 1 aromatic heterocycles. The van der Waals surface area contributed by atoms with Crippen LogP contribution in [-0.4, -0.2) is 30.1 Å². The van der Waals surface area contributed by atoms with Crippen LogP contribution in [0, 0.1) is 0 Å². The van der Waals surface area contributed by atoms with Crippen LogP contribution in [-0.2, 0) is 4.74 Å². The van der Waals surface area contributed by atoms with Gasteiger partial charge in [-0.05, 0) is 33.8 Å². The number of pyridine rings is 1. The van der Waals surface area contributed by atoms with Gasteiger partial charge in [-0.15, -0.1) is 0 Å². The summed E-state index contributed by atoms with van der Waals surface area (Å²) in [7, 11) is 0. The van der Waals surface area contributed by atoms with E-state index in [1.807, 2.05) is 11.8 Å². The van der Waals surface area contributed by atoms with E-state index in [2.05, 4.69) is 18.8 Å². The number of anilines is 2. The number of hydrogen-bond donors (Lipinski definition) is 1. The Morgan fingerprint density at radius 3 is 2.67 bits per heavy atom. The number of hydrogen-bond acceptors (Lipinski definition) is 5. The minimum atomic E-state index is -0.383. The molecule has 0 fully saturated rings. The first-order chi connectivity index (χ1) is 8.51. The molecule has 100 valence electrons. The van der Waals surface area contributed by atoms with Crippen molar-refractivity contribution in [3.8, 4) is 0 Å². The second-order valence-corrected chi connectivity index (χ2v) is 4.24. The smallest absolute Gasteiger partial charge is 0.341 e. The maximum atomic E-state index is 11.9. The van der Waals surface area contributed by atoms with E-state index in [1.54, 1.807) is 19.2 Å². The highest BCUT2D eigenvalue weighted by molar-refractivity contribution is 5.95. The summed E-state index contributed by atoms with van der Waals surface area (Å²) in [6.07, 6.45) is 1.56. The second-order valence-electron chi connectivity index (χ2n) is 4.24. The number of rotatable bonds is 5. The summed E-state index contributed by atoms with van der Waals surface area (Å²) in [4.78, 5) is 18.2. The molecule has 0 saturated heterocycles. The predicted molar refractivity (Wildman–Crippen MR) is 72.8 cm³/mol. The largest absolute Gasteiger partial charge is 0.462 e. The molecule has 0 aliphatic carbocycles. The first-order valence-electron chi connectivity index (χ1n) is 6.20. The Morgan fingerprint density at radius 1 is 1.50 bits per heavy atom. The Morgan fingerprint density at radius 2 is 2.17 bits per heavy atom. The van der Waals surface area contributed by atoms with E-state index in [0.717, 1.165) is 6.54 Å². The summed E-state index contributed by atoms with van der Waals surface area (Å²) < 4.78 is 5.04. The minimum Gasteiger partial charge on any atom is -0.462 e. The maximum absolute atomic E-state index is 11.9. The normalized spacial score (nSPS) is 10.5. The molecule has 1 aromatic rings. The number of nitrogens with zero attached hydrogens (tertiary/aromatic N) is 2. The van der Waals surface area contributed by atoms with Gasteiger partial charge in [0, 0.05) is 12.6 Å². The van der Waals surface area contributed by atoms with Crippen LogP contribution in [0.1, 0.15) is 38.1 Å². The molecule has 0 unspecified atom stereocenters. The lowest BCUT2D eigenvalue weighted by Gasteiger charge is -2.27. The Kier molecular flexibility index (Phi) is 4.95. The van der Waals surface area contributed by atoms with Gasteiger partial charge in [0.2, 0.25) is 0 Å². The number of aromatic nitrogens is 1. The van der Waals surface area contributed by atoms with Crippen LogP contribution < -0.4 is 10.6 Å². The highest BCUT2D eigenvalue weighted by Crippen LogP contribution is 2.22. The Bertz CT molecular complexity index is 419. The third kappa shape index (κ3) is 3.12. The number of nitrogen functional groups attached to an aromatic ring is 1. The highest BCUT2D eigenvalue weighted by atomic mass is 16.5. The molecule has 1 heterocycles. The third-order valence-corrected chi connectivity index (χ3v) is 2.62. The molecular weight excluding hydrogens is 230 g/mol. The summed E-state index contributed by atoms with van der Waals surface area (Å²) in [5, 5.41) is 0. The van der Waals surface area contributed by atoms with Crippen molar-refractivity contribution in [2.24, 2.45) is 0 Å². The fourth-order valence-electron chi connectivity index (χ4n) is 1.82. The van der Waals surface area contributed by atoms with Gasteiger partial charge in [0.25, 0.3) is 0 Å². The second kappa shape index (κ2) is 6.23.